The van der Waals surface area contributed by atoms with Crippen molar-refractivity contribution < 1.29 is 18.0 Å². The molecule has 0 spiro atoms. The Balaban J connectivity index is 2.35. The molecule has 2 rings (SSSR count). The van der Waals surface area contributed by atoms with Crippen molar-refractivity contribution in [2.75, 3.05) is 24.2 Å². The summed E-state index contributed by atoms with van der Waals surface area (Å²) < 4.78 is 25.7. The van der Waals surface area contributed by atoms with Crippen LogP contribution in [0, 0.1) is 0 Å². The lowest BCUT2D eigenvalue weighted by molar-refractivity contribution is -0.139. The first kappa shape index (κ1) is 24.0. The minimum atomic E-state index is -3.76. The summed E-state index contributed by atoms with van der Waals surface area (Å²) in [6.45, 7) is 1.23. The van der Waals surface area contributed by atoms with E-state index in [0.29, 0.717) is 15.7 Å². The van der Waals surface area contributed by atoms with Crippen molar-refractivity contribution in [1.82, 2.24) is 10.2 Å². The van der Waals surface area contributed by atoms with Crippen LogP contribution >= 0.6 is 23.2 Å². The highest BCUT2D eigenvalue weighted by atomic mass is 35.5. The molecule has 0 fully saturated rings. The highest BCUT2D eigenvalue weighted by Crippen LogP contribution is 2.21. The first-order valence-electron chi connectivity index (χ1n) is 9.01. The van der Waals surface area contributed by atoms with Gasteiger partial charge in [0.15, 0.2) is 0 Å². The Morgan fingerprint density at radius 2 is 1.50 bits per heavy atom. The number of anilines is 1. The van der Waals surface area contributed by atoms with Gasteiger partial charge >= 0.3 is 0 Å². The number of likely N-dealkylation sites (N-methyl/N-ethyl adjacent to an activating group) is 1. The second-order valence-electron chi connectivity index (χ2n) is 6.68. The molecule has 0 saturated carbocycles. The third-order valence-corrected chi connectivity index (χ3v) is 6.12. The summed E-state index contributed by atoms with van der Waals surface area (Å²) in [6, 6.07) is 12.1. The maximum atomic E-state index is 13.2. The normalized spacial score (nSPS) is 12.2. The Kier molecular flexibility index (Phi) is 8.11. The SMILES string of the molecule is CNC(=O)C(C)N(Cc1ccc(Cl)cc1)C(=O)CN(c1ccc(Cl)cc1)S(C)(=O)=O. The van der Waals surface area contributed by atoms with E-state index >= 15 is 0 Å². The minimum absolute atomic E-state index is 0.114. The number of benzene rings is 2. The first-order chi connectivity index (χ1) is 14.0. The number of nitrogens with one attached hydrogen (secondary N) is 1. The fourth-order valence-electron chi connectivity index (χ4n) is 2.80. The zero-order valence-electron chi connectivity index (χ0n) is 16.8. The molecule has 0 saturated heterocycles. The van der Waals surface area contributed by atoms with Crippen LogP contribution in [-0.2, 0) is 26.2 Å². The van der Waals surface area contributed by atoms with Crippen LogP contribution in [0.3, 0.4) is 0 Å². The maximum absolute atomic E-state index is 13.2. The fourth-order valence-corrected chi connectivity index (χ4v) is 3.90. The number of carbonyl (C=O) groups excluding carboxylic acids is 2. The summed E-state index contributed by atoms with van der Waals surface area (Å²) in [7, 11) is -2.29. The molecule has 0 aliphatic heterocycles. The molecule has 0 aromatic heterocycles. The first-order valence-corrected chi connectivity index (χ1v) is 11.6. The van der Waals surface area contributed by atoms with E-state index in [9.17, 15) is 18.0 Å². The van der Waals surface area contributed by atoms with Gasteiger partial charge in [0.1, 0.15) is 12.6 Å². The van der Waals surface area contributed by atoms with Crippen molar-refractivity contribution in [1.29, 1.82) is 0 Å². The number of carbonyl (C=O) groups is 2. The second-order valence-corrected chi connectivity index (χ2v) is 9.46. The van der Waals surface area contributed by atoms with Gasteiger partial charge in [-0.3, -0.25) is 13.9 Å². The van der Waals surface area contributed by atoms with Crippen molar-refractivity contribution >= 4 is 50.7 Å². The van der Waals surface area contributed by atoms with Gasteiger partial charge < -0.3 is 10.2 Å². The molecule has 1 atom stereocenters. The van der Waals surface area contributed by atoms with Gasteiger partial charge in [-0.05, 0) is 48.9 Å². The van der Waals surface area contributed by atoms with Gasteiger partial charge in [-0.15, -0.1) is 0 Å². The second kappa shape index (κ2) is 10.1. The van der Waals surface area contributed by atoms with Crippen molar-refractivity contribution in [2.24, 2.45) is 0 Å². The standard InChI is InChI=1S/C20H23Cl2N3O4S/c1-14(20(27)23-2)24(12-15-4-6-16(21)7-5-15)19(26)13-25(30(3,28)29)18-10-8-17(22)9-11-18/h4-11,14H,12-13H2,1-3H3,(H,23,27). The van der Waals surface area contributed by atoms with Crippen LogP contribution in [0.1, 0.15) is 12.5 Å². The van der Waals surface area contributed by atoms with Crippen LogP contribution in [0.15, 0.2) is 48.5 Å². The molecule has 0 radical (unpaired) electrons. The molecule has 30 heavy (non-hydrogen) atoms. The third-order valence-electron chi connectivity index (χ3n) is 4.47. The van der Waals surface area contributed by atoms with Crippen molar-refractivity contribution in [3.63, 3.8) is 0 Å². The highest BCUT2D eigenvalue weighted by molar-refractivity contribution is 7.92. The monoisotopic (exact) mass is 471 g/mol. The summed E-state index contributed by atoms with van der Waals surface area (Å²) in [5.74, 6) is -0.892. The molecule has 0 bridgehead atoms. The molecule has 0 aliphatic rings. The molecule has 2 amide bonds. The smallest absolute Gasteiger partial charge is 0.244 e. The summed E-state index contributed by atoms with van der Waals surface area (Å²) >= 11 is 11.8. The fraction of sp³-hybridized carbons (Fsp3) is 0.300. The molecule has 162 valence electrons. The number of rotatable bonds is 8. The lowest BCUT2D eigenvalue weighted by Gasteiger charge is -2.31. The van der Waals surface area contributed by atoms with Crippen LogP contribution in [0.5, 0.6) is 0 Å². The quantitative estimate of drug-likeness (QED) is 0.640. The van der Waals surface area contributed by atoms with E-state index in [1.54, 1.807) is 31.2 Å². The predicted molar refractivity (Wildman–Crippen MR) is 119 cm³/mol. The molecule has 10 heteroatoms. The molecule has 1 N–H and O–H groups in total. The van der Waals surface area contributed by atoms with E-state index in [-0.39, 0.29) is 12.5 Å². The number of nitrogens with zero attached hydrogens (tertiary/aromatic N) is 2. The molecular weight excluding hydrogens is 449 g/mol. The highest BCUT2D eigenvalue weighted by Gasteiger charge is 2.29. The van der Waals surface area contributed by atoms with Crippen molar-refractivity contribution in [3.8, 4) is 0 Å². The number of amides is 2. The summed E-state index contributed by atoms with van der Waals surface area (Å²) in [5, 5.41) is 3.50. The molecular formula is C20H23Cl2N3O4S. The zero-order chi connectivity index (χ0) is 22.5. The van der Waals surface area contributed by atoms with E-state index in [0.717, 1.165) is 16.1 Å². The van der Waals surface area contributed by atoms with Gasteiger partial charge in [0.05, 0.1) is 11.9 Å². The average Bonchev–Trinajstić information content (AvgIpc) is 2.70. The lowest BCUT2D eigenvalue weighted by Crippen LogP contribution is -2.50. The minimum Gasteiger partial charge on any atom is -0.357 e. The van der Waals surface area contributed by atoms with Crippen LogP contribution in [0.4, 0.5) is 5.69 Å². The summed E-state index contributed by atoms with van der Waals surface area (Å²) in [5.41, 5.74) is 1.05. The molecule has 2 aromatic rings. The average molecular weight is 472 g/mol. The van der Waals surface area contributed by atoms with Gasteiger partial charge in [0, 0.05) is 23.6 Å². The zero-order valence-corrected chi connectivity index (χ0v) is 19.1. The van der Waals surface area contributed by atoms with Gasteiger partial charge in [-0.25, -0.2) is 8.42 Å². The number of hydrogen-bond donors (Lipinski definition) is 1. The molecule has 7 nitrogen and oxygen atoms in total. The van der Waals surface area contributed by atoms with E-state index in [1.165, 1.54) is 36.2 Å². The maximum Gasteiger partial charge on any atom is 0.244 e. The summed E-state index contributed by atoms with van der Waals surface area (Å²) in [4.78, 5) is 26.7. The van der Waals surface area contributed by atoms with E-state index in [2.05, 4.69) is 5.32 Å². The Bertz CT molecular complexity index is 996. The number of hydrogen-bond acceptors (Lipinski definition) is 4. The Hall–Kier alpha value is -2.29. The predicted octanol–water partition coefficient (Wildman–Crippen LogP) is 2.92. The van der Waals surface area contributed by atoms with Crippen molar-refractivity contribution in [3.05, 3.63) is 64.1 Å². The van der Waals surface area contributed by atoms with E-state index < -0.39 is 28.5 Å². The number of halogens is 2. The molecule has 1 unspecified atom stereocenters. The molecule has 2 aromatic carbocycles. The van der Waals surface area contributed by atoms with E-state index in [4.69, 9.17) is 23.2 Å². The molecule has 0 aliphatic carbocycles. The third kappa shape index (κ3) is 6.35. The number of sulfonamides is 1. The van der Waals surface area contributed by atoms with E-state index in [1.807, 2.05) is 0 Å². The summed E-state index contributed by atoms with van der Waals surface area (Å²) in [6.07, 6.45) is 1.01. The van der Waals surface area contributed by atoms with Gasteiger partial charge in [-0.1, -0.05) is 35.3 Å². The Morgan fingerprint density at radius 1 is 1.00 bits per heavy atom. The Labute approximate surface area is 186 Å². The topological polar surface area (TPSA) is 86.8 Å². The van der Waals surface area contributed by atoms with Gasteiger partial charge in [-0.2, -0.15) is 0 Å². The van der Waals surface area contributed by atoms with Gasteiger partial charge in [0.25, 0.3) is 0 Å². The van der Waals surface area contributed by atoms with Crippen molar-refractivity contribution in [2.45, 2.75) is 19.5 Å². The van der Waals surface area contributed by atoms with Crippen LogP contribution in [-0.4, -0.2) is 51.0 Å². The van der Waals surface area contributed by atoms with Gasteiger partial charge in [0.2, 0.25) is 21.8 Å². The molecule has 0 heterocycles. The van der Waals surface area contributed by atoms with Crippen LogP contribution in [0.2, 0.25) is 10.0 Å². The lowest BCUT2D eigenvalue weighted by atomic mass is 10.1. The largest absolute Gasteiger partial charge is 0.357 e. The Morgan fingerprint density at radius 3 is 1.97 bits per heavy atom. The van der Waals surface area contributed by atoms with Crippen LogP contribution < -0.4 is 9.62 Å². The van der Waals surface area contributed by atoms with Crippen LogP contribution in [0.25, 0.3) is 0 Å².